The van der Waals surface area contributed by atoms with Crippen LogP contribution in [0.4, 0.5) is 11.4 Å². The van der Waals surface area contributed by atoms with Crippen molar-refractivity contribution >= 4 is 75.6 Å². The van der Waals surface area contributed by atoms with Gasteiger partial charge in [-0.25, -0.2) is 0 Å². The van der Waals surface area contributed by atoms with Crippen LogP contribution in [0.25, 0.3) is 10.8 Å². The molecule has 0 aliphatic carbocycles. The third kappa shape index (κ3) is 6.00. The van der Waals surface area contributed by atoms with Crippen LogP contribution in [0.3, 0.4) is 0 Å². The lowest BCUT2D eigenvalue weighted by atomic mass is 10.1. The van der Waals surface area contributed by atoms with Crippen LogP contribution in [0.2, 0.25) is 5.02 Å². The van der Waals surface area contributed by atoms with Gasteiger partial charge in [-0.1, -0.05) is 51.4 Å². The first-order chi connectivity index (χ1) is 16.9. The van der Waals surface area contributed by atoms with Gasteiger partial charge in [0.25, 0.3) is 20.2 Å². The summed E-state index contributed by atoms with van der Waals surface area (Å²) in [5.74, 6) is -0.748. The van der Waals surface area contributed by atoms with E-state index in [9.17, 15) is 31.0 Å². The van der Waals surface area contributed by atoms with E-state index in [1.165, 1.54) is 10.8 Å². The fourth-order valence-electron chi connectivity index (χ4n) is 3.10. The Bertz CT molecular complexity index is 1690. The largest absolute Gasteiger partial charge is 0.505 e. The Morgan fingerprint density at radius 2 is 1.36 bits per heavy atom. The number of nitrogens with zero attached hydrogens (tertiary/aromatic N) is 2. The van der Waals surface area contributed by atoms with Crippen molar-refractivity contribution in [2.45, 2.75) is 19.6 Å². The molecule has 0 atom stereocenters. The Morgan fingerprint density at radius 1 is 0.750 bits per heavy atom. The molecule has 0 bridgehead atoms. The van der Waals surface area contributed by atoms with Gasteiger partial charge in [-0.05, 0) is 60.0 Å². The van der Waals surface area contributed by atoms with E-state index in [1.54, 1.807) is 35.1 Å². The lowest BCUT2D eigenvalue weighted by Crippen LogP contribution is -2.01. The quantitative estimate of drug-likeness (QED) is 0.120. The molecule has 0 aliphatic heterocycles. The van der Waals surface area contributed by atoms with Crippen molar-refractivity contribution in [3.05, 3.63) is 77.8 Å². The SMILES string of the molecule is O=S(=O)(O)c1cc(Cl)c2c(O)c(N=Nc3ccc(SSc4ccccc4)cc3)c(S(=O)(=O)O)cc2c1. The number of phenols is 1. The Morgan fingerprint density at radius 3 is 1.94 bits per heavy atom. The third-order valence-electron chi connectivity index (χ3n) is 4.73. The zero-order chi connectivity index (χ0) is 26.1. The van der Waals surface area contributed by atoms with Crippen LogP contribution in [-0.2, 0) is 20.2 Å². The zero-order valence-electron chi connectivity index (χ0n) is 17.8. The van der Waals surface area contributed by atoms with Gasteiger partial charge in [0.15, 0.2) is 5.75 Å². The van der Waals surface area contributed by atoms with E-state index in [1.807, 2.05) is 30.3 Å². The molecule has 186 valence electrons. The van der Waals surface area contributed by atoms with E-state index < -0.39 is 41.5 Å². The maximum absolute atomic E-state index is 12.0. The highest BCUT2D eigenvalue weighted by Gasteiger charge is 2.25. The lowest BCUT2D eigenvalue weighted by molar-refractivity contribution is 0.472. The molecule has 0 amide bonds. The van der Waals surface area contributed by atoms with Crippen molar-refractivity contribution < 1.29 is 31.0 Å². The van der Waals surface area contributed by atoms with Crippen molar-refractivity contribution in [1.29, 1.82) is 0 Å². The van der Waals surface area contributed by atoms with Gasteiger partial charge in [0.2, 0.25) is 0 Å². The van der Waals surface area contributed by atoms with Crippen LogP contribution in [0.15, 0.2) is 103 Å². The van der Waals surface area contributed by atoms with E-state index >= 15 is 0 Å². The van der Waals surface area contributed by atoms with Gasteiger partial charge in [0.05, 0.1) is 15.6 Å². The highest BCUT2D eigenvalue weighted by Crippen LogP contribution is 2.45. The summed E-state index contributed by atoms with van der Waals surface area (Å²) in [5.41, 5.74) is -0.262. The molecule has 0 radical (unpaired) electrons. The molecule has 0 saturated carbocycles. The van der Waals surface area contributed by atoms with Gasteiger partial charge in [-0.15, -0.1) is 5.11 Å². The van der Waals surface area contributed by atoms with Crippen molar-refractivity contribution in [2.75, 3.05) is 0 Å². The van der Waals surface area contributed by atoms with Gasteiger partial charge >= 0.3 is 0 Å². The van der Waals surface area contributed by atoms with E-state index in [0.29, 0.717) is 5.69 Å². The van der Waals surface area contributed by atoms with Crippen LogP contribution in [0.5, 0.6) is 5.75 Å². The van der Waals surface area contributed by atoms with Gasteiger partial charge in [0, 0.05) is 15.2 Å². The number of hydrogen-bond donors (Lipinski definition) is 3. The molecular formula is C22H15ClN2O7S4. The first-order valence-electron chi connectivity index (χ1n) is 9.79. The second kappa shape index (κ2) is 10.4. The molecule has 0 heterocycles. The van der Waals surface area contributed by atoms with Gasteiger partial charge in [-0.3, -0.25) is 9.11 Å². The lowest BCUT2D eigenvalue weighted by Gasteiger charge is -2.11. The maximum Gasteiger partial charge on any atom is 0.296 e. The Kier molecular flexibility index (Phi) is 7.61. The van der Waals surface area contributed by atoms with Crippen LogP contribution in [0.1, 0.15) is 0 Å². The van der Waals surface area contributed by atoms with E-state index in [0.717, 1.165) is 28.0 Å². The van der Waals surface area contributed by atoms with Crippen LogP contribution < -0.4 is 0 Å². The fourth-order valence-corrected chi connectivity index (χ4v) is 6.63. The molecule has 0 fully saturated rings. The molecule has 4 aromatic carbocycles. The Hall–Kier alpha value is -2.65. The second-order valence-corrected chi connectivity index (χ2v) is 12.7. The number of hydrogen-bond acceptors (Lipinski definition) is 9. The number of phenolic OH excluding ortho intramolecular Hbond substituents is 1. The molecular weight excluding hydrogens is 568 g/mol. The Balaban J connectivity index is 1.70. The molecule has 0 saturated heterocycles. The van der Waals surface area contributed by atoms with Crippen LogP contribution in [0, 0.1) is 0 Å². The summed E-state index contributed by atoms with van der Waals surface area (Å²) < 4.78 is 66.0. The number of benzene rings is 4. The standard InChI is InChI=1S/C22H15ClN2O7S4/c23-18-12-17(35(27,28)29)10-13-11-19(36(30,31)32)21(22(26)20(13)18)25-24-14-6-8-16(9-7-14)34-33-15-4-2-1-3-5-15/h1-12,26H,(H,27,28,29)(H,30,31,32). The normalized spacial score (nSPS) is 12.4. The molecule has 14 heteroatoms. The molecule has 9 nitrogen and oxygen atoms in total. The molecule has 0 unspecified atom stereocenters. The minimum atomic E-state index is -4.93. The first kappa shape index (κ1) is 26.4. The minimum Gasteiger partial charge on any atom is -0.505 e. The second-order valence-electron chi connectivity index (χ2n) is 7.20. The van der Waals surface area contributed by atoms with E-state index in [-0.39, 0.29) is 15.8 Å². The summed E-state index contributed by atoms with van der Waals surface area (Å²) in [7, 11) is -6.51. The molecule has 0 spiro atoms. The van der Waals surface area contributed by atoms with Crippen molar-refractivity contribution in [3.63, 3.8) is 0 Å². The van der Waals surface area contributed by atoms with Crippen molar-refractivity contribution in [2.24, 2.45) is 10.2 Å². The fraction of sp³-hybridized carbons (Fsp3) is 0. The van der Waals surface area contributed by atoms with Gasteiger partial charge < -0.3 is 5.11 Å². The summed E-state index contributed by atoms with van der Waals surface area (Å²) >= 11 is 6.10. The molecule has 4 rings (SSSR count). The summed E-state index contributed by atoms with van der Waals surface area (Å²) in [6, 6.07) is 19.3. The molecule has 0 aliphatic rings. The first-order valence-corrected chi connectivity index (χ1v) is 15.2. The number of fused-ring (bicyclic) bond motifs is 1. The summed E-state index contributed by atoms with van der Waals surface area (Å²) in [6.07, 6.45) is 0. The minimum absolute atomic E-state index is 0.143. The topological polar surface area (TPSA) is 154 Å². The maximum atomic E-state index is 12.0. The predicted molar refractivity (Wildman–Crippen MR) is 139 cm³/mol. The van der Waals surface area contributed by atoms with Crippen molar-refractivity contribution in [1.82, 2.24) is 0 Å². The Labute approximate surface area is 219 Å². The average molecular weight is 583 g/mol. The third-order valence-corrected chi connectivity index (χ3v) is 9.14. The number of aromatic hydroxyl groups is 1. The number of halogens is 1. The molecule has 3 N–H and O–H groups in total. The van der Waals surface area contributed by atoms with Crippen LogP contribution in [-0.4, -0.2) is 31.0 Å². The molecule has 0 aromatic heterocycles. The number of rotatable bonds is 7. The highest BCUT2D eigenvalue weighted by atomic mass is 35.5. The summed E-state index contributed by atoms with van der Waals surface area (Å²) in [6.45, 7) is 0. The predicted octanol–water partition coefficient (Wildman–Crippen LogP) is 6.91. The van der Waals surface area contributed by atoms with Crippen LogP contribution >= 0.6 is 33.2 Å². The average Bonchev–Trinajstić information content (AvgIpc) is 2.82. The smallest absolute Gasteiger partial charge is 0.296 e. The van der Waals surface area contributed by atoms with E-state index in [2.05, 4.69) is 10.2 Å². The summed E-state index contributed by atoms with van der Waals surface area (Å²) in [5, 5.41) is 17.9. The van der Waals surface area contributed by atoms with Gasteiger partial charge in [0.1, 0.15) is 10.6 Å². The van der Waals surface area contributed by atoms with Gasteiger partial charge in [-0.2, -0.15) is 21.9 Å². The van der Waals surface area contributed by atoms with Crippen molar-refractivity contribution in [3.8, 4) is 5.75 Å². The molecule has 36 heavy (non-hydrogen) atoms. The van der Waals surface area contributed by atoms with E-state index in [4.69, 9.17) is 11.6 Å². The number of azo groups is 1. The highest BCUT2D eigenvalue weighted by molar-refractivity contribution is 8.76. The monoisotopic (exact) mass is 582 g/mol. The molecule has 4 aromatic rings. The zero-order valence-corrected chi connectivity index (χ0v) is 21.8. The summed E-state index contributed by atoms with van der Waals surface area (Å²) in [4.78, 5) is 0.555.